The fourth-order valence-electron chi connectivity index (χ4n) is 0. The maximum absolute atomic E-state index is 7.08. The molecule has 0 aromatic rings. The van der Waals surface area contributed by atoms with Crippen molar-refractivity contribution in [2.75, 3.05) is 0 Å². The molecule has 0 spiro atoms. The van der Waals surface area contributed by atoms with Gasteiger partial charge in [-0.2, -0.15) is 0 Å². The molecule has 0 atom stereocenters. The van der Waals surface area contributed by atoms with Crippen LogP contribution < -0.4 is 5.73 Å². The molecule has 0 saturated heterocycles. The molecule has 0 heterocycles. The molecule has 50 valence electrons. The van der Waals surface area contributed by atoms with Gasteiger partial charge in [-0.25, -0.2) is 0 Å². The van der Waals surface area contributed by atoms with Crippen LogP contribution in [-0.4, -0.2) is 16.5 Å². The number of nitrogens with two attached hydrogens (primary N) is 1. The van der Waals surface area contributed by atoms with Gasteiger partial charge >= 0.3 is 0 Å². The van der Waals surface area contributed by atoms with Crippen LogP contribution in [0.15, 0.2) is 10.6 Å². The van der Waals surface area contributed by atoms with E-state index in [0.29, 0.717) is 6.04 Å². The first-order valence-electron chi connectivity index (χ1n) is 2.09. The van der Waals surface area contributed by atoms with Crippen LogP contribution in [0.25, 0.3) is 0 Å². The van der Waals surface area contributed by atoms with E-state index in [-0.39, 0.29) is 0 Å². The Morgan fingerprint density at radius 3 is 1.38 bits per heavy atom. The van der Waals surface area contributed by atoms with Gasteiger partial charge in [0, 0.05) is 0 Å². The molecule has 0 radical (unpaired) electrons. The van der Waals surface area contributed by atoms with Gasteiger partial charge in [0.1, 0.15) is 0 Å². The van der Waals surface area contributed by atoms with E-state index in [1.165, 1.54) is 0 Å². The Labute approximate surface area is 47.8 Å². The second-order valence-corrected chi connectivity index (χ2v) is 1.42. The molecule has 4 N–H and O–H groups in total. The highest BCUT2D eigenvalue weighted by Crippen LogP contribution is 1.58. The summed E-state index contributed by atoms with van der Waals surface area (Å²) in [6.07, 6.45) is 0. The van der Waals surface area contributed by atoms with Crippen molar-refractivity contribution in [2.45, 2.75) is 19.9 Å². The predicted molar refractivity (Wildman–Crippen MR) is 27.8 cm³/mol. The third kappa shape index (κ3) is 3490. The summed E-state index contributed by atoms with van der Waals surface area (Å²) in [6.45, 7) is 3.89. The van der Waals surface area contributed by atoms with Crippen LogP contribution in [0.1, 0.15) is 13.8 Å². The molecule has 8 heavy (non-hydrogen) atoms. The summed E-state index contributed by atoms with van der Waals surface area (Å²) in [5.41, 5.74) is 5.11. The van der Waals surface area contributed by atoms with Crippen LogP contribution in [0.3, 0.4) is 0 Å². The van der Waals surface area contributed by atoms with Gasteiger partial charge in [0.2, 0.25) is 0 Å². The Morgan fingerprint density at radius 2 is 1.38 bits per heavy atom. The molecule has 0 aromatic heterocycles. The zero-order valence-corrected chi connectivity index (χ0v) is 4.94. The van der Waals surface area contributed by atoms with Crippen LogP contribution in [0.4, 0.5) is 0 Å². The van der Waals surface area contributed by atoms with Crippen molar-refractivity contribution < 1.29 is 10.4 Å². The lowest BCUT2D eigenvalue weighted by Crippen LogP contribution is -2.06. The van der Waals surface area contributed by atoms with Gasteiger partial charge in [0.05, 0.1) is 10.6 Å². The van der Waals surface area contributed by atoms with Crippen LogP contribution in [0.5, 0.6) is 0 Å². The summed E-state index contributed by atoms with van der Waals surface area (Å²) >= 11 is 0. The van der Waals surface area contributed by atoms with E-state index in [1.54, 1.807) is 0 Å². The Bertz CT molecular complexity index is 47.7. The van der Waals surface area contributed by atoms with E-state index in [2.05, 4.69) is 0 Å². The lowest BCUT2D eigenvalue weighted by atomic mass is 10.5. The van der Waals surface area contributed by atoms with Gasteiger partial charge in [-0.15, -0.1) is 0 Å². The van der Waals surface area contributed by atoms with Crippen LogP contribution in [0, 0.1) is 0 Å². The molecule has 0 aliphatic heterocycles. The third-order valence-electron chi connectivity index (χ3n) is 0.0400. The van der Waals surface area contributed by atoms with E-state index < -0.39 is 0 Å². The van der Waals surface area contributed by atoms with Crippen LogP contribution in [-0.2, 0) is 0 Å². The smallest absolute Gasteiger partial charge is 0.0606 e. The molecule has 5 nitrogen and oxygen atoms in total. The van der Waals surface area contributed by atoms with Gasteiger partial charge < -0.3 is 16.1 Å². The highest BCUT2D eigenvalue weighted by Gasteiger charge is 1.67. The first-order chi connectivity index (χ1) is 3.65. The molecule has 0 rings (SSSR count). The standard InChI is InChI=1S/C3H9N.H2N2O2/c1-3(2)4;3-1-2-4/h3H,4H2,1-2H3;(H,1,4)(H,2,3). The summed E-state index contributed by atoms with van der Waals surface area (Å²) in [5, 5.41) is 18.0. The molecular weight excluding hydrogens is 110 g/mol. The summed E-state index contributed by atoms with van der Waals surface area (Å²) in [4.78, 5) is 0. The minimum absolute atomic E-state index is 0.333. The maximum Gasteiger partial charge on any atom is 0.0606 e. The maximum atomic E-state index is 7.08. The molecule has 0 fully saturated rings. The Morgan fingerprint density at radius 1 is 1.25 bits per heavy atom. The Hall–Kier alpha value is -0.840. The summed E-state index contributed by atoms with van der Waals surface area (Å²) in [5.74, 6) is 0. The van der Waals surface area contributed by atoms with Crippen molar-refractivity contribution in [2.24, 2.45) is 16.3 Å². The fourth-order valence-corrected chi connectivity index (χ4v) is 0. The highest BCUT2D eigenvalue weighted by atomic mass is 16.5. The number of rotatable bonds is 0. The molecule has 0 aliphatic rings. The van der Waals surface area contributed by atoms with E-state index in [4.69, 9.17) is 16.1 Å². The second-order valence-electron chi connectivity index (χ2n) is 1.42. The van der Waals surface area contributed by atoms with Crippen molar-refractivity contribution in [1.82, 2.24) is 0 Å². The number of hydrogen-bond acceptors (Lipinski definition) is 3. The van der Waals surface area contributed by atoms with Crippen LogP contribution in [0.2, 0.25) is 0 Å². The third-order valence-corrected chi connectivity index (χ3v) is 0.0400. The second kappa shape index (κ2) is 9.48. The van der Waals surface area contributed by atoms with Crippen molar-refractivity contribution in [3.05, 3.63) is 0 Å². The SMILES string of the molecule is CC(C)N.ON=NO. The first-order valence-corrected chi connectivity index (χ1v) is 2.09. The van der Waals surface area contributed by atoms with Crippen molar-refractivity contribution >= 4 is 0 Å². The number of nitrogens with zero attached hydrogens (tertiary/aromatic N) is 2. The minimum atomic E-state index is 0.333. The molecule has 0 aliphatic carbocycles. The summed E-state index contributed by atoms with van der Waals surface area (Å²) in [7, 11) is 0. The monoisotopic (exact) mass is 121 g/mol. The molecule has 5 heteroatoms. The van der Waals surface area contributed by atoms with Crippen LogP contribution >= 0.6 is 0 Å². The molecule has 0 amide bonds. The van der Waals surface area contributed by atoms with E-state index in [1.807, 2.05) is 24.4 Å². The van der Waals surface area contributed by atoms with Crippen molar-refractivity contribution in [3.8, 4) is 0 Å². The van der Waals surface area contributed by atoms with Crippen molar-refractivity contribution in [1.29, 1.82) is 0 Å². The zero-order chi connectivity index (χ0) is 6.99. The minimum Gasteiger partial charge on any atom is -0.392 e. The van der Waals surface area contributed by atoms with E-state index in [0.717, 1.165) is 0 Å². The quantitative estimate of drug-likeness (QED) is 0.323. The normalized spacial score (nSPS) is 9.00. The van der Waals surface area contributed by atoms with Gasteiger partial charge in [-0.3, -0.25) is 0 Å². The summed E-state index contributed by atoms with van der Waals surface area (Å²) < 4.78 is 0. The molecule has 0 unspecified atom stereocenters. The summed E-state index contributed by atoms with van der Waals surface area (Å²) in [6, 6.07) is 0.333. The topological polar surface area (TPSA) is 91.2 Å². The fraction of sp³-hybridized carbons (Fsp3) is 1.00. The molecule has 0 saturated carbocycles. The first kappa shape index (κ1) is 10.2. The average molecular weight is 121 g/mol. The zero-order valence-electron chi connectivity index (χ0n) is 4.94. The lowest BCUT2D eigenvalue weighted by molar-refractivity contribution is 0.177. The van der Waals surface area contributed by atoms with E-state index in [9.17, 15) is 0 Å². The molecule has 0 aromatic carbocycles. The molecular formula is C3H11N3O2. The van der Waals surface area contributed by atoms with Gasteiger partial charge in [0.25, 0.3) is 0 Å². The molecule has 0 bridgehead atoms. The van der Waals surface area contributed by atoms with Crippen molar-refractivity contribution in [3.63, 3.8) is 0 Å². The highest BCUT2D eigenvalue weighted by molar-refractivity contribution is 4.32. The largest absolute Gasteiger partial charge is 0.392 e. The predicted octanol–water partition coefficient (Wildman–Crippen LogP) is 0.571. The lowest BCUT2D eigenvalue weighted by Gasteiger charge is -1.81. The number of hydrogen-bond donors (Lipinski definition) is 3. The van der Waals surface area contributed by atoms with Gasteiger partial charge in [-0.05, 0) is 6.04 Å². The van der Waals surface area contributed by atoms with E-state index >= 15 is 0 Å². The van der Waals surface area contributed by atoms with Gasteiger partial charge in [0.15, 0.2) is 0 Å². The average Bonchev–Trinajstić information content (AvgIpc) is 1.65. The Balaban J connectivity index is 0. The Kier molecular flexibility index (Phi) is 12.1. The van der Waals surface area contributed by atoms with Gasteiger partial charge in [-0.1, -0.05) is 13.8 Å².